The maximum Gasteiger partial charge on any atom is 0.129 e. The molecule has 0 nitrogen and oxygen atoms in total. The molecule has 0 fully saturated rings. The van der Waals surface area contributed by atoms with Crippen molar-refractivity contribution in [3.05, 3.63) is 34.3 Å². The first-order valence-electron chi connectivity index (χ1n) is 5.62. The highest BCUT2D eigenvalue weighted by atomic mass is 35.5. The lowest BCUT2D eigenvalue weighted by molar-refractivity contribution is 0.867. The van der Waals surface area contributed by atoms with E-state index < -0.39 is 8.07 Å². The molecule has 0 amide bonds. The van der Waals surface area contributed by atoms with Crippen molar-refractivity contribution in [1.29, 1.82) is 0 Å². The highest BCUT2D eigenvalue weighted by Crippen LogP contribution is 2.24. The van der Waals surface area contributed by atoms with Crippen LogP contribution in [0, 0.1) is 11.5 Å². The summed E-state index contributed by atoms with van der Waals surface area (Å²) in [5.74, 6) is 3.68. The van der Waals surface area contributed by atoms with Gasteiger partial charge in [0.25, 0.3) is 0 Å². The molecule has 0 unspecified atom stereocenters. The summed E-state index contributed by atoms with van der Waals surface area (Å²) in [4.78, 5) is 0. The van der Waals surface area contributed by atoms with Gasteiger partial charge in [0.15, 0.2) is 0 Å². The third kappa shape index (κ3) is 4.04. The smallest absolute Gasteiger partial charge is 0.127 e. The lowest BCUT2D eigenvalue weighted by Crippen LogP contribution is -2.16. The molecule has 0 N–H and O–H groups in total. The average Bonchev–Trinajstić information content (AvgIpc) is 2.13. The molecule has 2 heteroatoms. The van der Waals surface area contributed by atoms with Crippen molar-refractivity contribution in [3.63, 3.8) is 0 Å². The van der Waals surface area contributed by atoms with Crippen LogP contribution in [0.2, 0.25) is 24.7 Å². The predicted molar refractivity (Wildman–Crippen MR) is 75.8 cm³/mol. The first-order valence-corrected chi connectivity index (χ1v) is 9.50. The highest BCUT2D eigenvalue weighted by Gasteiger charge is 2.08. The molecule has 0 aromatic heterocycles. The summed E-state index contributed by atoms with van der Waals surface area (Å²) in [6, 6.07) is 6.12. The van der Waals surface area contributed by atoms with Gasteiger partial charge in [0.1, 0.15) is 8.07 Å². The van der Waals surface area contributed by atoms with Gasteiger partial charge in [-0.15, -0.1) is 5.54 Å². The van der Waals surface area contributed by atoms with Crippen LogP contribution in [0.3, 0.4) is 0 Å². The Kier molecular flexibility index (Phi) is 4.24. The van der Waals surface area contributed by atoms with E-state index in [9.17, 15) is 0 Å². The van der Waals surface area contributed by atoms with Gasteiger partial charge in [0, 0.05) is 10.6 Å². The first-order chi connectivity index (χ1) is 7.29. The number of halogens is 1. The maximum atomic E-state index is 6.22. The van der Waals surface area contributed by atoms with Gasteiger partial charge >= 0.3 is 0 Å². The van der Waals surface area contributed by atoms with E-state index in [1.165, 1.54) is 5.56 Å². The second-order valence-electron chi connectivity index (χ2n) is 5.39. The molecule has 0 heterocycles. The Hall–Kier alpha value is -0.713. The third-order valence-electron chi connectivity index (χ3n) is 2.20. The zero-order valence-corrected chi connectivity index (χ0v) is 12.4. The highest BCUT2D eigenvalue weighted by molar-refractivity contribution is 6.83. The van der Waals surface area contributed by atoms with Crippen molar-refractivity contribution < 1.29 is 0 Å². The maximum absolute atomic E-state index is 6.22. The van der Waals surface area contributed by atoms with Gasteiger partial charge in [-0.1, -0.05) is 57.1 Å². The quantitative estimate of drug-likeness (QED) is 0.501. The molecular formula is C14H19ClSi. The van der Waals surface area contributed by atoms with Crippen LogP contribution in [-0.4, -0.2) is 8.07 Å². The van der Waals surface area contributed by atoms with Crippen molar-refractivity contribution in [1.82, 2.24) is 0 Å². The Balaban J connectivity index is 3.02. The number of hydrogen-bond donors (Lipinski definition) is 0. The fraction of sp³-hybridized carbons (Fsp3) is 0.429. The Morgan fingerprint density at radius 1 is 1.19 bits per heavy atom. The van der Waals surface area contributed by atoms with Gasteiger partial charge in [0.2, 0.25) is 0 Å². The molecule has 1 aromatic rings. The molecule has 1 aromatic carbocycles. The Bertz CT molecular complexity index is 430. The van der Waals surface area contributed by atoms with Crippen LogP contribution in [0.5, 0.6) is 0 Å². The molecule has 0 aliphatic rings. The summed E-state index contributed by atoms with van der Waals surface area (Å²) >= 11 is 6.22. The van der Waals surface area contributed by atoms with E-state index in [0.29, 0.717) is 5.92 Å². The van der Waals surface area contributed by atoms with E-state index in [4.69, 9.17) is 11.6 Å². The number of rotatable bonds is 1. The van der Waals surface area contributed by atoms with Crippen LogP contribution in [0.15, 0.2) is 18.2 Å². The second-order valence-corrected chi connectivity index (χ2v) is 10.5. The monoisotopic (exact) mass is 250 g/mol. The zero-order valence-electron chi connectivity index (χ0n) is 10.7. The average molecular weight is 251 g/mol. The van der Waals surface area contributed by atoms with Crippen molar-refractivity contribution in [2.24, 2.45) is 0 Å². The van der Waals surface area contributed by atoms with Crippen LogP contribution in [0.4, 0.5) is 0 Å². The molecule has 0 aliphatic carbocycles. The summed E-state index contributed by atoms with van der Waals surface area (Å²) in [6.07, 6.45) is 0. The summed E-state index contributed by atoms with van der Waals surface area (Å²) in [5.41, 5.74) is 5.56. The predicted octanol–water partition coefficient (Wildman–Crippen LogP) is 4.69. The van der Waals surface area contributed by atoms with Gasteiger partial charge in [0.05, 0.1) is 0 Å². The SMILES string of the molecule is CC(C)c1ccc(C#C[Si](C)(C)C)cc1Cl. The van der Waals surface area contributed by atoms with E-state index in [-0.39, 0.29) is 0 Å². The summed E-state index contributed by atoms with van der Waals surface area (Å²) in [7, 11) is -1.30. The van der Waals surface area contributed by atoms with Gasteiger partial charge in [-0.25, -0.2) is 0 Å². The molecule has 0 bridgehead atoms. The molecule has 16 heavy (non-hydrogen) atoms. The molecule has 0 atom stereocenters. The van der Waals surface area contributed by atoms with Crippen molar-refractivity contribution in [2.45, 2.75) is 39.4 Å². The van der Waals surface area contributed by atoms with Crippen molar-refractivity contribution in [2.75, 3.05) is 0 Å². The molecule has 0 aliphatic heterocycles. The Labute approximate surface area is 105 Å². The first kappa shape index (κ1) is 13.4. The van der Waals surface area contributed by atoms with E-state index in [0.717, 1.165) is 10.6 Å². The minimum absolute atomic E-state index is 0.464. The van der Waals surface area contributed by atoms with E-state index in [2.05, 4.69) is 57.1 Å². The topological polar surface area (TPSA) is 0 Å². The Morgan fingerprint density at radius 2 is 1.81 bits per heavy atom. The van der Waals surface area contributed by atoms with Gasteiger partial charge in [-0.05, 0) is 23.6 Å². The van der Waals surface area contributed by atoms with Crippen LogP contribution in [-0.2, 0) is 0 Å². The lowest BCUT2D eigenvalue weighted by atomic mass is 10.0. The van der Waals surface area contributed by atoms with Gasteiger partial charge in [-0.2, -0.15) is 0 Å². The largest absolute Gasteiger partial charge is 0.129 e. The van der Waals surface area contributed by atoms with E-state index >= 15 is 0 Å². The van der Waals surface area contributed by atoms with Crippen LogP contribution < -0.4 is 0 Å². The van der Waals surface area contributed by atoms with E-state index in [1.54, 1.807) is 0 Å². The van der Waals surface area contributed by atoms with Gasteiger partial charge < -0.3 is 0 Å². The van der Waals surface area contributed by atoms with Crippen LogP contribution in [0.1, 0.15) is 30.9 Å². The molecule has 1 rings (SSSR count). The standard InChI is InChI=1S/C14H19ClSi/c1-11(2)13-7-6-12(10-14(13)15)8-9-16(3,4)5/h6-7,10-11H,1-5H3. The summed E-state index contributed by atoms with van der Waals surface area (Å²) in [5, 5.41) is 0.831. The van der Waals surface area contributed by atoms with Crippen LogP contribution >= 0.6 is 11.6 Å². The van der Waals surface area contributed by atoms with E-state index in [1.807, 2.05) is 6.07 Å². The summed E-state index contributed by atoms with van der Waals surface area (Å²) < 4.78 is 0. The number of benzene rings is 1. The third-order valence-corrected chi connectivity index (χ3v) is 3.41. The second kappa shape index (κ2) is 5.08. The van der Waals surface area contributed by atoms with Gasteiger partial charge in [-0.3, -0.25) is 0 Å². The molecule has 86 valence electrons. The molecule has 0 saturated heterocycles. The minimum atomic E-state index is -1.30. The number of hydrogen-bond acceptors (Lipinski definition) is 0. The zero-order chi connectivity index (χ0) is 12.3. The Morgan fingerprint density at radius 3 is 2.25 bits per heavy atom. The normalized spacial score (nSPS) is 11.2. The molecule has 0 radical (unpaired) electrons. The fourth-order valence-corrected chi connectivity index (χ4v) is 2.25. The molecular weight excluding hydrogens is 232 g/mol. The lowest BCUT2D eigenvalue weighted by Gasteiger charge is -2.08. The fourth-order valence-electron chi connectivity index (χ4n) is 1.33. The van der Waals surface area contributed by atoms with Crippen molar-refractivity contribution in [3.8, 4) is 11.5 Å². The van der Waals surface area contributed by atoms with Crippen molar-refractivity contribution >= 4 is 19.7 Å². The van der Waals surface area contributed by atoms with Crippen LogP contribution in [0.25, 0.3) is 0 Å². The summed E-state index contributed by atoms with van der Waals surface area (Å²) in [6.45, 7) is 11.0. The minimum Gasteiger partial charge on any atom is -0.127 e. The molecule has 0 spiro atoms. The molecule has 0 saturated carbocycles.